The zero-order chi connectivity index (χ0) is 18.5. The third-order valence-electron chi connectivity index (χ3n) is 2.48. The fourth-order valence-electron chi connectivity index (χ4n) is 1.38. The number of carboxylic acid groups (broad SMARTS) is 2. The van der Waals surface area contributed by atoms with E-state index in [1.807, 2.05) is 0 Å². The number of nitrogens with two attached hydrogens (primary N) is 2. The number of benzene rings is 2. The van der Waals surface area contributed by atoms with Crippen LogP contribution in [0.5, 0.6) is 0 Å². The van der Waals surface area contributed by atoms with Crippen molar-refractivity contribution in [3.63, 3.8) is 0 Å². The average molecular weight is 384 g/mol. The fraction of sp³-hybridized carbons (Fsp3) is 0.125. The van der Waals surface area contributed by atoms with Crippen LogP contribution in [0.4, 0.5) is 11.4 Å². The van der Waals surface area contributed by atoms with Crippen LogP contribution < -0.4 is 11.5 Å². The van der Waals surface area contributed by atoms with E-state index in [1.54, 1.807) is 36.4 Å². The third-order valence-corrected chi connectivity index (χ3v) is 2.48. The van der Waals surface area contributed by atoms with Crippen molar-refractivity contribution in [1.82, 2.24) is 0 Å². The number of aliphatic hydroxyl groups is 2. The van der Waals surface area contributed by atoms with Gasteiger partial charge in [-0.05, 0) is 24.3 Å². The van der Waals surface area contributed by atoms with Crippen molar-refractivity contribution in [2.24, 2.45) is 0 Å². The van der Waals surface area contributed by atoms with Crippen molar-refractivity contribution in [3.05, 3.63) is 59.7 Å². The Morgan fingerprint density at radius 3 is 1.16 bits per heavy atom. The summed E-state index contributed by atoms with van der Waals surface area (Å²) in [6.07, 6.45) is 0. The predicted molar refractivity (Wildman–Crippen MR) is 89.8 cm³/mol. The molecule has 0 fully saturated rings. The van der Waals surface area contributed by atoms with Crippen LogP contribution in [-0.2, 0) is 21.7 Å². The number of aromatic carboxylic acids is 2. The predicted octanol–water partition coefficient (Wildman–Crippen LogP) is 0.902. The van der Waals surface area contributed by atoms with Crippen molar-refractivity contribution in [1.29, 1.82) is 0 Å². The second-order valence-corrected chi connectivity index (χ2v) is 4.23. The molecule has 0 amide bonds. The Labute approximate surface area is 159 Å². The number of carbonyl (C=O) groups is 2. The van der Waals surface area contributed by atoms with E-state index in [-0.39, 0.29) is 46.1 Å². The second kappa shape index (κ2) is 14.0. The molecule has 8 nitrogen and oxygen atoms in total. The first-order valence-corrected chi connectivity index (χ1v) is 6.72. The Morgan fingerprint density at radius 2 is 1.00 bits per heavy atom. The number of hydrogen-bond acceptors (Lipinski definition) is 6. The summed E-state index contributed by atoms with van der Waals surface area (Å²) in [6.45, 7) is -0.250. The van der Waals surface area contributed by atoms with Gasteiger partial charge in [0, 0.05) is 33.1 Å². The van der Waals surface area contributed by atoms with Crippen LogP contribution >= 0.6 is 0 Å². The molecule has 0 aromatic heterocycles. The van der Waals surface area contributed by atoms with E-state index in [9.17, 15) is 9.59 Å². The summed E-state index contributed by atoms with van der Waals surface area (Å²) in [6, 6.07) is 12.7. The van der Waals surface area contributed by atoms with E-state index in [1.165, 1.54) is 12.1 Å². The van der Waals surface area contributed by atoms with Crippen LogP contribution in [0.1, 0.15) is 20.7 Å². The number of hydrogen-bond donors (Lipinski definition) is 6. The summed E-state index contributed by atoms with van der Waals surface area (Å²) in [4.78, 5) is 20.7. The monoisotopic (exact) mass is 384 g/mol. The van der Waals surface area contributed by atoms with Crippen molar-refractivity contribution >= 4 is 23.3 Å². The summed E-state index contributed by atoms with van der Waals surface area (Å²) in [5.74, 6) is -1.98. The molecule has 0 atom stereocenters. The van der Waals surface area contributed by atoms with Crippen molar-refractivity contribution in [2.75, 3.05) is 24.7 Å². The maximum Gasteiger partial charge on any atom is 0.337 e. The number of anilines is 2. The summed E-state index contributed by atoms with van der Waals surface area (Å²) < 4.78 is 0. The molecule has 0 aliphatic rings. The molecule has 0 aliphatic carbocycles. The summed E-state index contributed by atoms with van der Waals surface area (Å²) >= 11 is 0. The van der Waals surface area contributed by atoms with Crippen LogP contribution in [0, 0.1) is 0 Å². The Kier molecular flexibility index (Phi) is 13.9. The van der Waals surface area contributed by atoms with Gasteiger partial charge in [-0.1, -0.05) is 24.3 Å². The van der Waals surface area contributed by atoms with E-state index in [0.717, 1.165) is 0 Å². The third kappa shape index (κ3) is 10.2. The van der Waals surface area contributed by atoms with E-state index >= 15 is 0 Å². The molecule has 0 radical (unpaired) electrons. The van der Waals surface area contributed by atoms with Crippen molar-refractivity contribution in [2.45, 2.75) is 0 Å². The van der Waals surface area contributed by atoms with Gasteiger partial charge in [0.15, 0.2) is 0 Å². The molecule has 9 heteroatoms. The number of aliphatic hydroxyl groups excluding tert-OH is 2. The molecule has 0 saturated heterocycles. The number of carboxylic acids is 2. The van der Waals surface area contributed by atoms with Crippen LogP contribution in [0.2, 0.25) is 0 Å². The van der Waals surface area contributed by atoms with Crippen LogP contribution in [0.15, 0.2) is 48.5 Å². The molecule has 0 aliphatic heterocycles. The molecule has 0 saturated carbocycles. The molecular formula is C16H20N2O6Ti. The number of para-hydroxylation sites is 2. The molecular weight excluding hydrogens is 364 g/mol. The van der Waals surface area contributed by atoms with Gasteiger partial charge in [-0.3, -0.25) is 0 Å². The van der Waals surface area contributed by atoms with E-state index in [2.05, 4.69) is 0 Å². The molecule has 0 spiro atoms. The average Bonchev–Trinajstić information content (AvgIpc) is 2.56. The first-order chi connectivity index (χ1) is 11.3. The standard InChI is InChI=1S/2C7H7NO2.C2H6O2.Ti/c2*8-6-4-2-1-3-5(6)7(9)10;3-1-2-4;/h2*1-4H,8H2,(H,9,10);3-4H,1-2H2;. The van der Waals surface area contributed by atoms with Crippen LogP contribution in [0.25, 0.3) is 0 Å². The maximum absolute atomic E-state index is 10.3. The first kappa shape index (κ1) is 24.9. The van der Waals surface area contributed by atoms with Crippen molar-refractivity contribution < 1.29 is 51.7 Å². The summed E-state index contributed by atoms with van der Waals surface area (Å²) in [7, 11) is 0. The normalized spacial score (nSPS) is 8.56. The van der Waals surface area contributed by atoms with Crippen molar-refractivity contribution in [3.8, 4) is 0 Å². The molecule has 25 heavy (non-hydrogen) atoms. The molecule has 0 heterocycles. The van der Waals surface area contributed by atoms with Gasteiger partial charge in [-0.2, -0.15) is 0 Å². The zero-order valence-corrected chi connectivity index (χ0v) is 14.9. The van der Waals surface area contributed by atoms with Crippen LogP contribution in [-0.4, -0.2) is 45.6 Å². The Hall–Kier alpha value is -2.39. The summed E-state index contributed by atoms with van der Waals surface area (Å²) in [5.41, 5.74) is 11.6. The van der Waals surface area contributed by atoms with Gasteiger partial charge in [0.05, 0.1) is 24.3 Å². The Bertz CT molecular complexity index is 609. The first-order valence-electron chi connectivity index (χ1n) is 6.72. The van der Waals surface area contributed by atoms with Gasteiger partial charge in [-0.15, -0.1) is 0 Å². The minimum atomic E-state index is -0.988. The van der Waals surface area contributed by atoms with Gasteiger partial charge in [0.2, 0.25) is 0 Å². The zero-order valence-electron chi connectivity index (χ0n) is 13.3. The minimum absolute atomic E-state index is 0. The molecule has 134 valence electrons. The SMILES string of the molecule is Nc1ccccc1C(=O)O.Nc1ccccc1C(=O)O.OCCO.[Ti]. The number of rotatable bonds is 3. The molecule has 2 rings (SSSR count). The number of nitrogen functional groups attached to an aromatic ring is 2. The van der Waals surface area contributed by atoms with E-state index in [4.69, 9.17) is 31.9 Å². The minimum Gasteiger partial charge on any atom is -0.478 e. The second-order valence-electron chi connectivity index (χ2n) is 4.23. The van der Waals surface area contributed by atoms with Crippen LogP contribution in [0.3, 0.4) is 0 Å². The topological polar surface area (TPSA) is 167 Å². The maximum atomic E-state index is 10.3. The summed E-state index contributed by atoms with van der Waals surface area (Å²) in [5, 5.41) is 32.2. The van der Waals surface area contributed by atoms with Gasteiger partial charge >= 0.3 is 11.9 Å². The van der Waals surface area contributed by atoms with Gasteiger partial charge < -0.3 is 31.9 Å². The van der Waals surface area contributed by atoms with Gasteiger partial charge in [0.25, 0.3) is 0 Å². The molecule has 8 N–H and O–H groups in total. The molecule has 2 aromatic rings. The Balaban J connectivity index is 0. The quantitative estimate of drug-likeness (QED) is 0.335. The fourth-order valence-corrected chi connectivity index (χ4v) is 1.38. The van der Waals surface area contributed by atoms with Gasteiger partial charge in [0.1, 0.15) is 0 Å². The van der Waals surface area contributed by atoms with E-state index < -0.39 is 11.9 Å². The van der Waals surface area contributed by atoms with E-state index in [0.29, 0.717) is 11.4 Å². The largest absolute Gasteiger partial charge is 0.478 e. The molecule has 2 aromatic carbocycles. The molecule has 0 unspecified atom stereocenters. The molecule has 0 bridgehead atoms. The Morgan fingerprint density at radius 1 is 0.720 bits per heavy atom. The van der Waals surface area contributed by atoms with Gasteiger partial charge in [-0.25, -0.2) is 9.59 Å². The smallest absolute Gasteiger partial charge is 0.337 e.